The minimum Gasteiger partial charge on any atom is -0.494 e. The average molecular weight is 278 g/mol. The van der Waals surface area contributed by atoms with Crippen molar-refractivity contribution >= 4 is 17.4 Å². The van der Waals surface area contributed by atoms with Gasteiger partial charge in [-0.3, -0.25) is 0 Å². The minimum atomic E-state index is 0.473. The number of hydrogen-bond acceptors (Lipinski definition) is 4. The monoisotopic (exact) mass is 277 g/mol. The van der Waals surface area contributed by atoms with Crippen molar-refractivity contribution in [3.05, 3.63) is 46.9 Å². The lowest BCUT2D eigenvalue weighted by Crippen LogP contribution is -2.04. The molecule has 1 aromatic carbocycles. The molecule has 0 spiro atoms. The molecule has 100 valence electrons. The first-order valence-electron chi connectivity index (χ1n) is 6.13. The number of benzene rings is 1. The van der Waals surface area contributed by atoms with Crippen LogP contribution in [0.4, 0.5) is 5.82 Å². The summed E-state index contributed by atoms with van der Waals surface area (Å²) in [6.45, 7) is 5.19. The summed E-state index contributed by atoms with van der Waals surface area (Å²) in [4.78, 5) is 8.10. The maximum Gasteiger partial charge on any atom is 0.137 e. The molecule has 19 heavy (non-hydrogen) atoms. The van der Waals surface area contributed by atoms with Crippen molar-refractivity contribution in [3.63, 3.8) is 0 Å². The van der Waals surface area contributed by atoms with Gasteiger partial charge in [-0.25, -0.2) is 9.97 Å². The normalized spacial score (nSPS) is 10.3. The third-order valence-corrected chi connectivity index (χ3v) is 3.07. The van der Waals surface area contributed by atoms with Crippen LogP contribution in [-0.2, 0) is 6.54 Å². The number of anilines is 1. The van der Waals surface area contributed by atoms with E-state index < -0.39 is 0 Å². The zero-order chi connectivity index (χ0) is 13.7. The van der Waals surface area contributed by atoms with Crippen molar-refractivity contribution in [3.8, 4) is 5.75 Å². The Morgan fingerprint density at radius 1 is 1.32 bits per heavy atom. The molecule has 0 radical (unpaired) electrons. The molecule has 0 saturated heterocycles. The van der Waals surface area contributed by atoms with E-state index in [1.165, 1.54) is 6.33 Å². The van der Waals surface area contributed by atoms with Gasteiger partial charge < -0.3 is 10.1 Å². The van der Waals surface area contributed by atoms with Gasteiger partial charge in [0.05, 0.1) is 6.61 Å². The molecule has 1 heterocycles. The van der Waals surface area contributed by atoms with Gasteiger partial charge in [0.2, 0.25) is 0 Å². The maximum absolute atomic E-state index is 5.95. The average Bonchev–Trinajstić information content (AvgIpc) is 2.41. The number of rotatable bonds is 5. The molecule has 0 aliphatic carbocycles. The van der Waals surface area contributed by atoms with Crippen LogP contribution >= 0.6 is 11.6 Å². The van der Waals surface area contributed by atoms with E-state index in [-0.39, 0.29) is 0 Å². The van der Waals surface area contributed by atoms with Crippen LogP contribution in [0, 0.1) is 6.92 Å². The molecule has 0 unspecified atom stereocenters. The molecule has 0 aliphatic rings. The lowest BCUT2D eigenvalue weighted by Gasteiger charge is -2.10. The zero-order valence-corrected chi connectivity index (χ0v) is 11.7. The molecule has 0 atom stereocenters. The van der Waals surface area contributed by atoms with Gasteiger partial charge >= 0.3 is 0 Å². The van der Waals surface area contributed by atoms with Crippen LogP contribution in [0.5, 0.6) is 5.75 Å². The van der Waals surface area contributed by atoms with E-state index in [2.05, 4.69) is 15.3 Å². The predicted molar refractivity (Wildman–Crippen MR) is 76.7 cm³/mol. The molecule has 1 aromatic heterocycles. The summed E-state index contributed by atoms with van der Waals surface area (Å²) in [6.07, 6.45) is 1.45. The van der Waals surface area contributed by atoms with E-state index in [4.69, 9.17) is 16.3 Å². The van der Waals surface area contributed by atoms with E-state index in [1.54, 1.807) is 0 Å². The largest absolute Gasteiger partial charge is 0.494 e. The van der Waals surface area contributed by atoms with E-state index in [1.807, 2.05) is 38.1 Å². The predicted octanol–water partition coefficient (Wildman–Crippen LogP) is 3.45. The fourth-order valence-corrected chi connectivity index (χ4v) is 1.84. The molecule has 5 heteroatoms. The van der Waals surface area contributed by atoms with Gasteiger partial charge in [0, 0.05) is 12.1 Å². The van der Waals surface area contributed by atoms with Gasteiger partial charge in [-0.1, -0.05) is 23.7 Å². The van der Waals surface area contributed by atoms with Crippen molar-refractivity contribution in [1.82, 2.24) is 9.97 Å². The van der Waals surface area contributed by atoms with Crippen LogP contribution in [0.3, 0.4) is 0 Å². The first-order chi connectivity index (χ1) is 9.20. The molecule has 0 aliphatic heterocycles. The number of halogens is 1. The Morgan fingerprint density at radius 3 is 2.95 bits per heavy atom. The Hall–Kier alpha value is -1.81. The maximum atomic E-state index is 5.95. The Morgan fingerprint density at radius 2 is 2.16 bits per heavy atom. The van der Waals surface area contributed by atoms with Crippen LogP contribution in [0.15, 0.2) is 30.6 Å². The van der Waals surface area contributed by atoms with Crippen molar-refractivity contribution in [1.29, 1.82) is 0 Å². The summed E-state index contributed by atoms with van der Waals surface area (Å²) in [5.74, 6) is 1.63. The van der Waals surface area contributed by atoms with E-state index in [0.29, 0.717) is 18.3 Å². The zero-order valence-electron chi connectivity index (χ0n) is 11.0. The van der Waals surface area contributed by atoms with E-state index in [9.17, 15) is 0 Å². The van der Waals surface area contributed by atoms with Crippen LogP contribution in [0.25, 0.3) is 0 Å². The van der Waals surface area contributed by atoms with Crippen molar-refractivity contribution in [2.45, 2.75) is 20.4 Å². The number of nitrogens with one attached hydrogen (secondary N) is 1. The molecule has 0 bridgehead atoms. The SMILES string of the molecule is CCOc1cccc(CNc2ncnc(Cl)c2C)c1. The minimum absolute atomic E-state index is 0.473. The van der Waals surface area contributed by atoms with Crippen molar-refractivity contribution in [2.75, 3.05) is 11.9 Å². The summed E-state index contributed by atoms with van der Waals surface area (Å²) >= 11 is 5.95. The fourth-order valence-electron chi connectivity index (χ4n) is 1.70. The van der Waals surface area contributed by atoms with Crippen molar-refractivity contribution < 1.29 is 4.74 Å². The number of nitrogens with zero attached hydrogens (tertiary/aromatic N) is 2. The Kier molecular flexibility index (Phi) is 4.58. The standard InChI is InChI=1S/C14H16ClN3O/c1-3-19-12-6-4-5-11(7-12)8-16-14-10(2)13(15)17-9-18-14/h4-7,9H,3,8H2,1-2H3,(H,16,17,18). The number of hydrogen-bond donors (Lipinski definition) is 1. The lowest BCUT2D eigenvalue weighted by molar-refractivity contribution is 0.340. The summed E-state index contributed by atoms with van der Waals surface area (Å²) in [5, 5.41) is 3.72. The van der Waals surface area contributed by atoms with Gasteiger partial charge in [0.25, 0.3) is 0 Å². The van der Waals surface area contributed by atoms with Gasteiger partial charge in [-0.05, 0) is 31.5 Å². The molecule has 0 saturated carbocycles. The molecular weight excluding hydrogens is 262 g/mol. The molecule has 1 N–H and O–H groups in total. The molecule has 2 aromatic rings. The summed E-state index contributed by atoms with van der Waals surface area (Å²) < 4.78 is 5.47. The highest BCUT2D eigenvalue weighted by molar-refractivity contribution is 6.30. The van der Waals surface area contributed by atoms with Crippen molar-refractivity contribution in [2.24, 2.45) is 0 Å². The van der Waals surface area contributed by atoms with E-state index in [0.717, 1.165) is 22.7 Å². The highest BCUT2D eigenvalue weighted by Crippen LogP contribution is 2.19. The Bertz CT molecular complexity index is 560. The highest BCUT2D eigenvalue weighted by atomic mass is 35.5. The highest BCUT2D eigenvalue weighted by Gasteiger charge is 2.04. The third-order valence-electron chi connectivity index (χ3n) is 2.69. The van der Waals surface area contributed by atoms with Crippen LogP contribution < -0.4 is 10.1 Å². The topological polar surface area (TPSA) is 47.0 Å². The second-order valence-electron chi connectivity index (χ2n) is 4.07. The summed E-state index contributed by atoms with van der Waals surface area (Å²) in [6, 6.07) is 7.96. The van der Waals surface area contributed by atoms with Crippen LogP contribution in [0.2, 0.25) is 5.15 Å². The molecule has 0 amide bonds. The van der Waals surface area contributed by atoms with Gasteiger partial charge in [0.1, 0.15) is 23.0 Å². The van der Waals surface area contributed by atoms with Crippen LogP contribution in [0.1, 0.15) is 18.1 Å². The quantitative estimate of drug-likeness (QED) is 0.851. The van der Waals surface area contributed by atoms with Gasteiger partial charge in [-0.15, -0.1) is 0 Å². The number of aromatic nitrogens is 2. The Balaban J connectivity index is 2.06. The summed E-state index contributed by atoms with van der Waals surface area (Å²) in [7, 11) is 0. The smallest absolute Gasteiger partial charge is 0.137 e. The molecule has 4 nitrogen and oxygen atoms in total. The van der Waals surface area contributed by atoms with Gasteiger partial charge in [-0.2, -0.15) is 0 Å². The van der Waals surface area contributed by atoms with Gasteiger partial charge in [0.15, 0.2) is 0 Å². The first-order valence-corrected chi connectivity index (χ1v) is 6.51. The molecule has 0 fully saturated rings. The van der Waals surface area contributed by atoms with E-state index >= 15 is 0 Å². The Labute approximate surface area is 117 Å². The first kappa shape index (κ1) is 13.6. The second kappa shape index (κ2) is 6.38. The lowest BCUT2D eigenvalue weighted by atomic mass is 10.2. The second-order valence-corrected chi connectivity index (χ2v) is 4.43. The fraction of sp³-hybridized carbons (Fsp3) is 0.286. The number of ether oxygens (including phenoxy) is 1. The van der Waals surface area contributed by atoms with Crippen LogP contribution in [-0.4, -0.2) is 16.6 Å². The molecular formula is C14H16ClN3O. The summed E-state index contributed by atoms with van der Waals surface area (Å²) in [5.41, 5.74) is 1.98. The molecule has 2 rings (SSSR count). The third kappa shape index (κ3) is 3.58.